The standard InChI is InChI=1S/C16H13NO4/c17-11-13-3-1-2-4-15(13)21-10-9-20-14-7-5-12(6-8-14)16(18)19/h1-8H,9-10H2,(H,18,19). The average Bonchev–Trinajstić information content (AvgIpc) is 2.52. The van der Waals surface area contributed by atoms with E-state index in [2.05, 4.69) is 0 Å². The molecule has 0 saturated heterocycles. The highest BCUT2D eigenvalue weighted by Crippen LogP contribution is 2.16. The minimum atomic E-state index is -0.974. The molecule has 5 heteroatoms. The molecule has 21 heavy (non-hydrogen) atoms. The van der Waals surface area contributed by atoms with Crippen LogP contribution in [0.1, 0.15) is 15.9 Å². The van der Waals surface area contributed by atoms with Gasteiger partial charge in [-0.15, -0.1) is 0 Å². The zero-order valence-electron chi connectivity index (χ0n) is 11.2. The molecule has 0 unspecified atom stereocenters. The van der Waals surface area contributed by atoms with Gasteiger partial charge < -0.3 is 14.6 Å². The molecule has 2 aromatic rings. The van der Waals surface area contributed by atoms with E-state index < -0.39 is 5.97 Å². The summed E-state index contributed by atoms with van der Waals surface area (Å²) in [5.41, 5.74) is 0.685. The van der Waals surface area contributed by atoms with E-state index in [1.165, 1.54) is 12.1 Å². The number of hydrogen-bond donors (Lipinski definition) is 1. The summed E-state index contributed by atoms with van der Waals surface area (Å²) in [5, 5.41) is 17.7. The number of benzene rings is 2. The second-order valence-corrected chi connectivity index (χ2v) is 4.13. The van der Waals surface area contributed by atoms with Gasteiger partial charge in [0.25, 0.3) is 0 Å². The van der Waals surface area contributed by atoms with Crippen LogP contribution in [-0.4, -0.2) is 24.3 Å². The molecule has 0 bridgehead atoms. The largest absolute Gasteiger partial charge is 0.490 e. The molecule has 5 nitrogen and oxygen atoms in total. The van der Waals surface area contributed by atoms with Crippen molar-refractivity contribution >= 4 is 5.97 Å². The summed E-state index contributed by atoms with van der Waals surface area (Å²) in [6.45, 7) is 0.589. The second kappa shape index (κ2) is 6.96. The lowest BCUT2D eigenvalue weighted by molar-refractivity contribution is 0.0697. The number of nitriles is 1. The highest BCUT2D eigenvalue weighted by atomic mass is 16.5. The molecule has 2 rings (SSSR count). The van der Waals surface area contributed by atoms with Crippen LogP contribution in [0.3, 0.4) is 0 Å². The zero-order chi connectivity index (χ0) is 15.1. The fourth-order valence-corrected chi connectivity index (χ4v) is 1.69. The smallest absolute Gasteiger partial charge is 0.335 e. The van der Waals surface area contributed by atoms with Crippen LogP contribution in [0.4, 0.5) is 0 Å². The SMILES string of the molecule is N#Cc1ccccc1OCCOc1ccc(C(=O)O)cc1. The number of nitrogens with zero attached hydrogens (tertiary/aromatic N) is 1. The predicted octanol–water partition coefficient (Wildman–Crippen LogP) is 2.71. The summed E-state index contributed by atoms with van der Waals surface area (Å²) in [7, 11) is 0. The second-order valence-electron chi connectivity index (χ2n) is 4.13. The fraction of sp³-hybridized carbons (Fsp3) is 0.125. The third-order valence-corrected chi connectivity index (χ3v) is 2.72. The molecule has 0 aliphatic carbocycles. The lowest BCUT2D eigenvalue weighted by Crippen LogP contribution is -2.09. The van der Waals surface area contributed by atoms with Gasteiger partial charge in [-0.2, -0.15) is 5.26 Å². The van der Waals surface area contributed by atoms with Gasteiger partial charge in [0.2, 0.25) is 0 Å². The molecule has 106 valence electrons. The van der Waals surface area contributed by atoms with Gasteiger partial charge in [-0.3, -0.25) is 0 Å². The maximum Gasteiger partial charge on any atom is 0.335 e. The Hall–Kier alpha value is -3.00. The van der Waals surface area contributed by atoms with E-state index in [1.807, 2.05) is 6.07 Å². The van der Waals surface area contributed by atoms with Crippen LogP contribution in [0, 0.1) is 11.3 Å². The first-order chi connectivity index (χ1) is 10.2. The van der Waals surface area contributed by atoms with E-state index >= 15 is 0 Å². The maximum atomic E-state index is 10.7. The molecule has 0 aromatic heterocycles. The molecule has 0 atom stereocenters. The van der Waals surface area contributed by atoms with Crippen molar-refractivity contribution in [3.8, 4) is 17.6 Å². The highest BCUT2D eigenvalue weighted by molar-refractivity contribution is 5.87. The van der Waals surface area contributed by atoms with E-state index in [0.717, 1.165) is 0 Å². The number of para-hydroxylation sites is 1. The normalized spacial score (nSPS) is 9.67. The van der Waals surface area contributed by atoms with Crippen molar-refractivity contribution in [1.82, 2.24) is 0 Å². The van der Waals surface area contributed by atoms with Crippen molar-refractivity contribution < 1.29 is 19.4 Å². The van der Waals surface area contributed by atoms with Crippen LogP contribution in [0.5, 0.6) is 11.5 Å². The molecule has 0 amide bonds. The van der Waals surface area contributed by atoms with Crippen molar-refractivity contribution in [1.29, 1.82) is 5.26 Å². The number of carbonyl (C=O) groups is 1. The topological polar surface area (TPSA) is 79.5 Å². The Morgan fingerprint density at radius 1 is 1.05 bits per heavy atom. The summed E-state index contributed by atoms with van der Waals surface area (Å²) in [6, 6.07) is 15.1. The Balaban J connectivity index is 1.82. The van der Waals surface area contributed by atoms with Crippen LogP contribution in [0.25, 0.3) is 0 Å². The molecule has 0 spiro atoms. The Morgan fingerprint density at radius 3 is 2.38 bits per heavy atom. The molecular formula is C16H13NO4. The molecule has 0 saturated carbocycles. The number of carboxylic acid groups (broad SMARTS) is 1. The maximum absolute atomic E-state index is 10.7. The molecular weight excluding hydrogens is 270 g/mol. The van der Waals surface area contributed by atoms with Gasteiger partial charge in [-0.25, -0.2) is 4.79 Å². The minimum Gasteiger partial charge on any atom is -0.490 e. The number of ether oxygens (including phenoxy) is 2. The van der Waals surface area contributed by atoms with Gasteiger partial charge in [0.1, 0.15) is 30.8 Å². The molecule has 0 heterocycles. The minimum absolute atomic E-state index is 0.210. The van der Waals surface area contributed by atoms with E-state index in [4.69, 9.17) is 19.8 Å². The summed E-state index contributed by atoms with van der Waals surface area (Å²) in [5.74, 6) is 0.111. The van der Waals surface area contributed by atoms with E-state index in [0.29, 0.717) is 30.3 Å². The Morgan fingerprint density at radius 2 is 1.71 bits per heavy atom. The van der Waals surface area contributed by atoms with Crippen LogP contribution >= 0.6 is 0 Å². The van der Waals surface area contributed by atoms with Gasteiger partial charge in [-0.1, -0.05) is 12.1 Å². The van der Waals surface area contributed by atoms with Crippen molar-refractivity contribution in [2.24, 2.45) is 0 Å². The predicted molar refractivity (Wildman–Crippen MR) is 75.5 cm³/mol. The number of carboxylic acids is 1. The van der Waals surface area contributed by atoms with E-state index in [-0.39, 0.29) is 5.56 Å². The molecule has 2 aromatic carbocycles. The van der Waals surface area contributed by atoms with Crippen LogP contribution in [0.15, 0.2) is 48.5 Å². The van der Waals surface area contributed by atoms with Crippen LogP contribution in [-0.2, 0) is 0 Å². The third-order valence-electron chi connectivity index (χ3n) is 2.72. The van der Waals surface area contributed by atoms with Crippen LogP contribution in [0.2, 0.25) is 0 Å². The van der Waals surface area contributed by atoms with Gasteiger partial charge in [-0.05, 0) is 36.4 Å². The summed E-state index contributed by atoms with van der Waals surface area (Å²) in [6.07, 6.45) is 0. The molecule has 0 aliphatic heterocycles. The first-order valence-corrected chi connectivity index (χ1v) is 6.29. The lowest BCUT2D eigenvalue weighted by atomic mass is 10.2. The van der Waals surface area contributed by atoms with Gasteiger partial charge in [0.15, 0.2) is 0 Å². The Bertz CT molecular complexity index is 659. The van der Waals surface area contributed by atoms with Gasteiger partial charge in [0.05, 0.1) is 11.1 Å². The number of hydrogen-bond acceptors (Lipinski definition) is 4. The van der Waals surface area contributed by atoms with E-state index in [1.54, 1.807) is 36.4 Å². The Labute approximate surface area is 122 Å². The monoisotopic (exact) mass is 283 g/mol. The average molecular weight is 283 g/mol. The molecule has 1 N–H and O–H groups in total. The molecule has 0 aliphatic rings. The fourth-order valence-electron chi connectivity index (χ4n) is 1.69. The van der Waals surface area contributed by atoms with Crippen molar-refractivity contribution in [2.45, 2.75) is 0 Å². The van der Waals surface area contributed by atoms with Gasteiger partial charge >= 0.3 is 5.97 Å². The quantitative estimate of drug-likeness (QED) is 0.824. The first kappa shape index (κ1) is 14.4. The highest BCUT2D eigenvalue weighted by Gasteiger charge is 2.03. The lowest BCUT2D eigenvalue weighted by Gasteiger charge is -2.09. The number of aromatic carboxylic acids is 1. The first-order valence-electron chi connectivity index (χ1n) is 6.29. The molecule has 0 radical (unpaired) electrons. The van der Waals surface area contributed by atoms with E-state index in [9.17, 15) is 4.79 Å². The van der Waals surface area contributed by atoms with Crippen molar-refractivity contribution in [3.63, 3.8) is 0 Å². The number of rotatable bonds is 6. The Kier molecular flexibility index (Phi) is 4.78. The summed E-state index contributed by atoms with van der Waals surface area (Å²) < 4.78 is 10.9. The third kappa shape index (κ3) is 3.98. The van der Waals surface area contributed by atoms with Gasteiger partial charge in [0, 0.05) is 0 Å². The van der Waals surface area contributed by atoms with Crippen LogP contribution < -0.4 is 9.47 Å². The summed E-state index contributed by atoms with van der Waals surface area (Å²) in [4.78, 5) is 10.7. The summed E-state index contributed by atoms with van der Waals surface area (Å²) >= 11 is 0. The molecule has 0 fully saturated rings. The zero-order valence-corrected chi connectivity index (χ0v) is 11.2. The van der Waals surface area contributed by atoms with Crippen molar-refractivity contribution in [2.75, 3.05) is 13.2 Å². The van der Waals surface area contributed by atoms with Crippen molar-refractivity contribution in [3.05, 3.63) is 59.7 Å².